The van der Waals surface area contributed by atoms with E-state index in [4.69, 9.17) is 4.74 Å². The SMILES string of the molecule is COc1ccc(S(=O)(=O)Nc2cccc(C(=O)Nc3nc4c(s3)C(=O)CC(C)(C)C4)c2)cc1. The second-order valence-electron chi connectivity index (χ2n) is 8.55. The van der Waals surface area contributed by atoms with Crippen molar-refractivity contribution in [2.24, 2.45) is 5.41 Å². The number of methoxy groups -OCH3 is 1. The van der Waals surface area contributed by atoms with Gasteiger partial charge in [-0.05, 0) is 54.3 Å². The molecule has 4 rings (SSSR count). The predicted octanol–water partition coefficient (Wildman–Crippen LogP) is 4.36. The number of rotatable bonds is 6. The minimum atomic E-state index is -3.84. The molecule has 0 spiro atoms. The number of carbonyl (C=O) groups is 2. The van der Waals surface area contributed by atoms with Crippen molar-refractivity contribution < 1.29 is 22.7 Å². The Hall–Kier alpha value is -3.24. The zero-order valence-corrected chi connectivity index (χ0v) is 20.0. The van der Waals surface area contributed by atoms with Crippen LogP contribution in [0.25, 0.3) is 0 Å². The molecule has 10 heteroatoms. The first-order valence-electron chi connectivity index (χ1n) is 10.2. The number of ether oxygens (including phenoxy) is 1. The molecule has 0 bridgehead atoms. The van der Waals surface area contributed by atoms with Gasteiger partial charge in [-0.25, -0.2) is 13.4 Å². The van der Waals surface area contributed by atoms with Crippen LogP contribution >= 0.6 is 11.3 Å². The molecule has 2 N–H and O–H groups in total. The molecule has 0 fully saturated rings. The molecule has 1 aromatic heterocycles. The minimum absolute atomic E-state index is 0.0363. The third kappa shape index (κ3) is 5.07. The number of nitrogens with one attached hydrogen (secondary N) is 2. The van der Waals surface area contributed by atoms with Crippen LogP contribution in [0.15, 0.2) is 53.4 Å². The molecule has 0 radical (unpaired) electrons. The van der Waals surface area contributed by atoms with E-state index in [2.05, 4.69) is 15.0 Å². The van der Waals surface area contributed by atoms with E-state index < -0.39 is 15.9 Å². The normalized spacial score (nSPS) is 14.9. The first-order chi connectivity index (χ1) is 15.6. The summed E-state index contributed by atoms with van der Waals surface area (Å²) in [5, 5.41) is 3.07. The minimum Gasteiger partial charge on any atom is -0.497 e. The van der Waals surface area contributed by atoms with Crippen molar-refractivity contribution in [3.05, 3.63) is 64.7 Å². The van der Waals surface area contributed by atoms with Crippen molar-refractivity contribution in [3.63, 3.8) is 0 Å². The van der Waals surface area contributed by atoms with E-state index in [0.717, 1.165) is 0 Å². The number of hydrogen-bond acceptors (Lipinski definition) is 7. The summed E-state index contributed by atoms with van der Waals surface area (Å²) in [5.41, 5.74) is 1.05. The molecule has 0 saturated heterocycles. The number of nitrogens with zero attached hydrogens (tertiary/aromatic N) is 1. The van der Waals surface area contributed by atoms with E-state index in [9.17, 15) is 18.0 Å². The molecular formula is C23H23N3O5S2. The van der Waals surface area contributed by atoms with Gasteiger partial charge in [0.1, 0.15) is 5.75 Å². The predicted molar refractivity (Wildman–Crippen MR) is 127 cm³/mol. The van der Waals surface area contributed by atoms with E-state index in [-0.39, 0.29) is 27.3 Å². The maximum atomic E-state index is 12.8. The highest BCUT2D eigenvalue weighted by atomic mass is 32.2. The number of ketones is 1. The molecular weight excluding hydrogens is 462 g/mol. The highest BCUT2D eigenvalue weighted by Gasteiger charge is 2.34. The average Bonchev–Trinajstić information content (AvgIpc) is 3.15. The van der Waals surface area contributed by atoms with Crippen LogP contribution in [0.5, 0.6) is 5.75 Å². The number of fused-ring (bicyclic) bond motifs is 1. The van der Waals surface area contributed by atoms with Gasteiger partial charge in [-0.1, -0.05) is 31.3 Å². The van der Waals surface area contributed by atoms with Crippen LogP contribution in [-0.2, 0) is 16.4 Å². The number of sulfonamides is 1. The van der Waals surface area contributed by atoms with Crippen molar-refractivity contribution in [3.8, 4) is 5.75 Å². The first-order valence-corrected chi connectivity index (χ1v) is 12.5. The Balaban J connectivity index is 1.50. The lowest BCUT2D eigenvalue weighted by atomic mass is 9.78. The molecule has 8 nitrogen and oxygen atoms in total. The molecule has 3 aromatic rings. The Morgan fingerprint density at radius 3 is 2.55 bits per heavy atom. The van der Waals surface area contributed by atoms with Gasteiger partial charge in [-0.15, -0.1) is 0 Å². The van der Waals surface area contributed by atoms with Crippen molar-refractivity contribution in [2.75, 3.05) is 17.1 Å². The maximum absolute atomic E-state index is 12.8. The molecule has 1 aliphatic rings. The van der Waals surface area contributed by atoms with Gasteiger partial charge >= 0.3 is 0 Å². The fourth-order valence-corrected chi connectivity index (χ4v) is 5.60. The van der Waals surface area contributed by atoms with Crippen molar-refractivity contribution >= 4 is 43.9 Å². The van der Waals surface area contributed by atoms with E-state index in [1.807, 2.05) is 13.8 Å². The highest BCUT2D eigenvalue weighted by Crippen LogP contribution is 2.38. The fourth-order valence-electron chi connectivity index (χ4n) is 3.64. The van der Waals surface area contributed by atoms with E-state index in [1.54, 1.807) is 30.3 Å². The monoisotopic (exact) mass is 485 g/mol. The Bertz CT molecular complexity index is 1330. The van der Waals surface area contributed by atoms with Crippen molar-refractivity contribution in [1.29, 1.82) is 0 Å². The number of amides is 1. The number of thiazole rings is 1. The van der Waals surface area contributed by atoms with Crippen molar-refractivity contribution in [2.45, 2.75) is 31.6 Å². The number of Topliss-reactive ketones (excluding diaryl/α,β-unsaturated/α-hetero) is 1. The van der Waals surface area contributed by atoms with Crippen LogP contribution < -0.4 is 14.8 Å². The summed E-state index contributed by atoms with van der Waals surface area (Å²) in [5.74, 6) is 0.134. The third-order valence-corrected chi connectivity index (χ3v) is 7.65. The van der Waals surface area contributed by atoms with E-state index in [0.29, 0.717) is 34.3 Å². The molecule has 0 saturated carbocycles. The first kappa shape index (κ1) is 22.9. The molecule has 1 amide bonds. The summed E-state index contributed by atoms with van der Waals surface area (Å²) in [6.45, 7) is 4.04. The van der Waals surface area contributed by atoms with Crippen LogP contribution in [0.1, 0.15) is 46.0 Å². The quantitative estimate of drug-likeness (QED) is 0.536. The molecule has 1 heterocycles. The molecule has 0 aliphatic heterocycles. The summed E-state index contributed by atoms with van der Waals surface area (Å²) < 4.78 is 32.9. The molecule has 0 unspecified atom stereocenters. The smallest absolute Gasteiger partial charge is 0.261 e. The van der Waals surface area contributed by atoms with Gasteiger partial charge in [-0.3, -0.25) is 19.6 Å². The molecule has 172 valence electrons. The lowest BCUT2D eigenvalue weighted by molar-refractivity contribution is 0.0915. The Kier molecular flexibility index (Phi) is 5.98. The molecule has 33 heavy (non-hydrogen) atoms. The topological polar surface area (TPSA) is 114 Å². The largest absolute Gasteiger partial charge is 0.497 e. The lowest BCUT2D eigenvalue weighted by Crippen LogP contribution is -2.26. The lowest BCUT2D eigenvalue weighted by Gasteiger charge is -2.26. The third-order valence-electron chi connectivity index (χ3n) is 5.20. The van der Waals surface area contributed by atoms with Gasteiger partial charge in [0.25, 0.3) is 15.9 Å². The summed E-state index contributed by atoms with van der Waals surface area (Å²) in [6.07, 6.45) is 1.12. The van der Waals surface area contributed by atoms with Gasteiger partial charge in [0, 0.05) is 17.7 Å². The standard InChI is InChI=1S/C23H23N3O5S2/c1-23(2)12-18-20(19(27)13-23)32-22(24-18)25-21(28)14-5-4-6-15(11-14)26-33(29,30)17-9-7-16(31-3)8-10-17/h4-11,26H,12-13H2,1-3H3,(H,24,25,28). The van der Waals surface area contributed by atoms with Crippen LogP contribution in [0.2, 0.25) is 0 Å². The molecule has 0 atom stereocenters. The van der Waals surface area contributed by atoms with Gasteiger partial charge in [0.2, 0.25) is 0 Å². The zero-order valence-electron chi connectivity index (χ0n) is 18.3. The second kappa shape index (κ2) is 8.60. The Labute approximate surface area is 196 Å². The number of hydrogen-bond donors (Lipinski definition) is 2. The Morgan fingerprint density at radius 2 is 1.85 bits per heavy atom. The maximum Gasteiger partial charge on any atom is 0.261 e. The second-order valence-corrected chi connectivity index (χ2v) is 11.2. The number of carbonyl (C=O) groups excluding carboxylic acids is 2. The molecule has 2 aromatic carbocycles. The van der Waals surface area contributed by atoms with Gasteiger partial charge < -0.3 is 4.74 Å². The number of anilines is 2. The number of aromatic nitrogens is 1. The van der Waals surface area contributed by atoms with Gasteiger partial charge in [-0.2, -0.15) is 0 Å². The Morgan fingerprint density at radius 1 is 1.12 bits per heavy atom. The van der Waals surface area contributed by atoms with Crippen LogP contribution in [0.3, 0.4) is 0 Å². The van der Waals surface area contributed by atoms with Crippen LogP contribution in [0, 0.1) is 5.41 Å². The summed E-state index contributed by atoms with van der Waals surface area (Å²) in [6, 6.07) is 12.1. The fraction of sp³-hybridized carbons (Fsp3) is 0.261. The van der Waals surface area contributed by atoms with Crippen LogP contribution in [-0.4, -0.2) is 32.2 Å². The zero-order chi connectivity index (χ0) is 23.8. The average molecular weight is 486 g/mol. The van der Waals surface area contributed by atoms with E-state index >= 15 is 0 Å². The van der Waals surface area contributed by atoms with Crippen molar-refractivity contribution in [1.82, 2.24) is 4.98 Å². The van der Waals surface area contributed by atoms with Gasteiger partial charge in [0.15, 0.2) is 10.9 Å². The summed E-state index contributed by atoms with van der Waals surface area (Å²) in [4.78, 5) is 30.3. The van der Waals surface area contributed by atoms with Gasteiger partial charge in [0.05, 0.1) is 22.6 Å². The highest BCUT2D eigenvalue weighted by molar-refractivity contribution is 7.92. The van der Waals surface area contributed by atoms with E-state index in [1.165, 1.54) is 36.6 Å². The summed E-state index contributed by atoms with van der Waals surface area (Å²) >= 11 is 1.17. The summed E-state index contributed by atoms with van der Waals surface area (Å²) in [7, 11) is -2.35. The molecule has 1 aliphatic carbocycles. The number of benzene rings is 2. The van der Waals surface area contributed by atoms with Crippen LogP contribution in [0.4, 0.5) is 10.8 Å².